The van der Waals surface area contributed by atoms with Crippen LogP contribution >= 0.6 is 11.3 Å². The first kappa shape index (κ1) is 14.8. The molecule has 19 heavy (non-hydrogen) atoms. The van der Waals surface area contributed by atoms with E-state index in [0.29, 0.717) is 17.4 Å². The van der Waals surface area contributed by atoms with Gasteiger partial charge in [0.25, 0.3) is 0 Å². The highest BCUT2D eigenvalue weighted by atomic mass is 32.1. The third kappa shape index (κ3) is 4.75. The van der Waals surface area contributed by atoms with Crippen molar-refractivity contribution in [1.82, 2.24) is 10.2 Å². The zero-order chi connectivity index (χ0) is 13.9. The fraction of sp³-hybridized carbons (Fsp3) is 0.867. The van der Waals surface area contributed by atoms with E-state index in [1.54, 1.807) is 11.3 Å². The summed E-state index contributed by atoms with van der Waals surface area (Å²) in [5.74, 6) is 0.652. The Hall–Kier alpha value is -0.640. The van der Waals surface area contributed by atoms with E-state index in [1.807, 2.05) is 0 Å². The SMILES string of the molecule is CC(C)Cc1nnc(NC2CCCC(C)(C)CC2)s1. The third-order valence-corrected chi connectivity index (χ3v) is 4.83. The minimum absolute atomic E-state index is 0.514. The first-order chi connectivity index (χ1) is 8.94. The Morgan fingerprint density at radius 2 is 2.05 bits per heavy atom. The Morgan fingerprint density at radius 1 is 1.26 bits per heavy atom. The van der Waals surface area contributed by atoms with Crippen molar-refractivity contribution in [2.45, 2.75) is 72.3 Å². The Labute approximate surface area is 121 Å². The molecule has 1 unspecified atom stereocenters. The smallest absolute Gasteiger partial charge is 0.205 e. The van der Waals surface area contributed by atoms with Crippen molar-refractivity contribution >= 4 is 16.5 Å². The van der Waals surface area contributed by atoms with Gasteiger partial charge in [-0.15, -0.1) is 10.2 Å². The second-order valence-electron chi connectivity index (χ2n) is 7.04. The van der Waals surface area contributed by atoms with Crippen molar-refractivity contribution in [3.05, 3.63) is 5.01 Å². The summed E-state index contributed by atoms with van der Waals surface area (Å²) in [5, 5.41) is 14.3. The van der Waals surface area contributed by atoms with Gasteiger partial charge < -0.3 is 5.32 Å². The highest BCUT2D eigenvalue weighted by Gasteiger charge is 2.24. The minimum atomic E-state index is 0.514. The number of nitrogens with one attached hydrogen (secondary N) is 1. The summed E-state index contributed by atoms with van der Waals surface area (Å²) >= 11 is 1.73. The predicted octanol–water partition coefficient (Wildman–Crippen LogP) is 4.51. The maximum atomic E-state index is 4.29. The first-order valence-electron chi connectivity index (χ1n) is 7.53. The molecule has 1 N–H and O–H groups in total. The molecule has 1 heterocycles. The van der Waals surface area contributed by atoms with Crippen LogP contribution in [0.5, 0.6) is 0 Å². The molecular weight excluding hydrogens is 254 g/mol. The van der Waals surface area contributed by atoms with Crippen molar-refractivity contribution in [3.63, 3.8) is 0 Å². The van der Waals surface area contributed by atoms with Crippen LogP contribution in [-0.4, -0.2) is 16.2 Å². The Kier molecular flexibility index (Phi) is 4.82. The van der Waals surface area contributed by atoms with E-state index in [1.165, 1.54) is 32.1 Å². The lowest BCUT2D eigenvalue weighted by Crippen LogP contribution is -2.19. The van der Waals surface area contributed by atoms with Crippen LogP contribution in [0.2, 0.25) is 0 Å². The van der Waals surface area contributed by atoms with E-state index in [0.717, 1.165) is 16.6 Å². The first-order valence-corrected chi connectivity index (χ1v) is 8.35. The molecule has 0 spiro atoms. The van der Waals surface area contributed by atoms with E-state index in [4.69, 9.17) is 0 Å². The maximum absolute atomic E-state index is 4.29. The van der Waals surface area contributed by atoms with Gasteiger partial charge in [-0.3, -0.25) is 0 Å². The average molecular weight is 281 g/mol. The molecule has 1 aliphatic rings. The summed E-state index contributed by atoms with van der Waals surface area (Å²) in [6.45, 7) is 9.23. The molecule has 0 aromatic carbocycles. The van der Waals surface area contributed by atoms with Gasteiger partial charge in [0.05, 0.1) is 0 Å². The van der Waals surface area contributed by atoms with Crippen molar-refractivity contribution in [3.8, 4) is 0 Å². The maximum Gasteiger partial charge on any atom is 0.205 e. The van der Waals surface area contributed by atoms with Gasteiger partial charge in [0.2, 0.25) is 5.13 Å². The van der Waals surface area contributed by atoms with Crippen LogP contribution < -0.4 is 5.32 Å². The second-order valence-corrected chi connectivity index (χ2v) is 8.10. The molecule has 0 aliphatic heterocycles. The summed E-state index contributed by atoms with van der Waals surface area (Å²) in [5.41, 5.74) is 0.514. The van der Waals surface area contributed by atoms with Gasteiger partial charge in [0.15, 0.2) is 0 Å². The van der Waals surface area contributed by atoms with Crippen LogP contribution in [0.15, 0.2) is 0 Å². The zero-order valence-corrected chi connectivity index (χ0v) is 13.5. The van der Waals surface area contributed by atoms with E-state index in [9.17, 15) is 0 Å². The van der Waals surface area contributed by atoms with Crippen molar-refractivity contribution in [2.75, 3.05) is 5.32 Å². The predicted molar refractivity (Wildman–Crippen MR) is 82.7 cm³/mol. The van der Waals surface area contributed by atoms with Gasteiger partial charge in [-0.2, -0.15) is 0 Å². The van der Waals surface area contributed by atoms with Gasteiger partial charge in [-0.05, 0) is 37.0 Å². The molecule has 1 aromatic rings. The molecule has 1 aliphatic carbocycles. The third-order valence-electron chi connectivity index (χ3n) is 3.95. The lowest BCUT2D eigenvalue weighted by molar-refractivity contribution is 0.313. The fourth-order valence-electron chi connectivity index (χ4n) is 2.72. The van der Waals surface area contributed by atoms with Crippen molar-refractivity contribution < 1.29 is 0 Å². The second kappa shape index (κ2) is 6.21. The molecule has 1 fully saturated rings. The van der Waals surface area contributed by atoms with Crippen LogP contribution in [0.25, 0.3) is 0 Å². The number of rotatable bonds is 4. The van der Waals surface area contributed by atoms with Gasteiger partial charge in [-0.25, -0.2) is 0 Å². The molecule has 0 bridgehead atoms. The number of hydrogen-bond acceptors (Lipinski definition) is 4. The van der Waals surface area contributed by atoms with E-state index in [-0.39, 0.29) is 0 Å². The van der Waals surface area contributed by atoms with Gasteiger partial charge in [0.1, 0.15) is 5.01 Å². The highest BCUT2D eigenvalue weighted by Crippen LogP contribution is 2.34. The monoisotopic (exact) mass is 281 g/mol. The molecule has 4 heteroatoms. The van der Waals surface area contributed by atoms with Crippen LogP contribution in [0.4, 0.5) is 5.13 Å². The topological polar surface area (TPSA) is 37.8 Å². The molecular formula is C15H27N3S. The minimum Gasteiger partial charge on any atom is -0.357 e. The molecule has 1 saturated carbocycles. The molecule has 2 rings (SSSR count). The average Bonchev–Trinajstić information content (AvgIpc) is 2.64. The highest BCUT2D eigenvalue weighted by molar-refractivity contribution is 7.15. The van der Waals surface area contributed by atoms with Gasteiger partial charge in [0, 0.05) is 12.5 Å². The van der Waals surface area contributed by atoms with Crippen LogP contribution in [0, 0.1) is 11.3 Å². The van der Waals surface area contributed by atoms with E-state index < -0.39 is 0 Å². The normalized spacial score (nSPS) is 23.3. The van der Waals surface area contributed by atoms with Crippen molar-refractivity contribution in [2.24, 2.45) is 11.3 Å². The standard InChI is InChI=1S/C15H27N3S/c1-11(2)10-13-17-18-14(19-13)16-12-6-5-8-15(3,4)9-7-12/h11-12H,5-10H2,1-4H3,(H,16,18). The quantitative estimate of drug-likeness (QED) is 0.825. The Bertz CT molecular complexity index is 398. The summed E-state index contributed by atoms with van der Waals surface area (Å²) < 4.78 is 0. The molecule has 0 saturated heterocycles. The Morgan fingerprint density at radius 3 is 2.79 bits per heavy atom. The summed E-state index contributed by atoms with van der Waals surface area (Å²) in [6.07, 6.45) is 7.54. The van der Waals surface area contributed by atoms with Crippen LogP contribution in [0.3, 0.4) is 0 Å². The van der Waals surface area contributed by atoms with Gasteiger partial charge in [-0.1, -0.05) is 45.5 Å². The number of anilines is 1. The van der Waals surface area contributed by atoms with Crippen LogP contribution in [-0.2, 0) is 6.42 Å². The molecule has 1 aromatic heterocycles. The molecule has 0 amide bonds. The van der Waals surface area contributed by atoms with Crippen molar-refractivity contribution in [1.29, 1.82) is 0 Å². The van der Waals surface area contributed by atoms with Gasteiger partial charge >= 0.3 is 0 Å². The number of nitrogens with zero attached hydrogens (tertiary/aromatic N) is 2. The lowest BCUT2D eigenvalue weighted by atomic mass is 9.85. The van der Waals surface area contributed by atoms with Crippen LogP contribution in [0.1, 0.15) is 64.8 Å². The molecule has 1 atom stereocenters. The molecule has 3 nitrogen and oxygen atoms in total. The Balaban J connectivity index is 1.88. The largest absolute Gasteiger partial charge is 0.357 e. The molecule has 0 radical (unpaired) electrons. The number of aromatic nitrogens is 2. The van der Waals surface area contributed by atoms with E-state index in [2.05, 4.69) is 43.2 Å². The fourth-order valence-corrected chi connectivity index (χ4v) is 3.75. The summed E-state index contributed by atoms with van der Waals surface area (Å²) in [4.78, 5) is 0. The summed E-state index contributed by atoms with van der Waals surface area (Å²) in [6, 6.07) is 0.585. The summed E-state index contributed by atoms with van der Waals surface area (Å²) in [7, 11) is 0. The number of hydrogen-bond donors (Lipinski definition) is 1. The molecule has 108 valence electrons. The lowest BCUT2D eigenvalue weighted by Gasteiger charge is -2.22. The zero-order valence-electron chi connectivity index (χ0n) is 12.7. The van der Waals surface area contributed by atoms with E-state index >= 15 is 0 Å².